The smallest absolute Gasteiger partial charge is 0.318 e. The molecule has 3 aromatic rings. The van der Waals surface area contributed by atoms with Crippen molar-refractivity contribution >= 4 is 17.3 Å². The normalized spacial score (nSPS) is 10.4. The third-order valence-electron chi connectivity index (χ3n) is 3.49. The fraction of sp³-hybridized carbons (Fsp3) is 0. The van der Waals surface area contributed by atoms with Gasteiger partial charge in [-0.05, 0) is 30.3 Å². The van der Waals surface area contributed by atoms with Gasteiger partial charge in [0.2, 0.25) is 5.75 Å². The summed E-state index contributed by atoms with van der Waals surface area (Å²) >= 11 is 0. The molecule has 136 valence electrons. The van der Waals surface area contributed by atoms with Crippen LogP contribution in [0.1, 0.15) is 10.5 Å². The van der Waals surface area contributed by atoms with Crippen LogP contribution in [0.2, 0.25) is 0 Å². The van der Waals surface area contributed by atoms with E-state index >= 15 is 0 Å². The minimum Gasteiger partial charge on any atom is -0.450 e. The quantitative estimate of drug-likeness (QED) is 0.489. The van der Waals surface area contributed by atoms with E-state index in [4.69, 9.17) is 10.5 Å². The van der Waals surface area contributed by atoms with E-state index in [1.54, 1.807) is 12.1 Å². The number of hydrogen-bond acceptors (Lipinski definition) is 8. The molecule has 1 aromatic heterocycles. The maximum atomic E-state index is 11.3. The Morgan fingerprint density at radius 3 is 2.33 bits per heavy atom. The van der Waals surface area contributed by atoms with Gasteiger partial charge in [-0.25, -0.2) is 0 Å². The second-order valence-corrected chi connectivity index (χ2v) is 5.18. The number of aromatic nitrogens is 3. The minimum absolute atomic E-state index is 0.0327. The lowest BCUT2D eigenvalue weighted by Gasteiger charge is -2.07. The summed E-state index contributed by atoms with van der Waals surface area (Å²) in [7, 11) is 0. The summed E-state index contributed by atoms with van der Waals surface area (Å²) < 4.78 is 5.46. The van der Waals surface area contributed by atoms with Gasteiger partial charge in [0.25, 0.3) is 11.6 Å². The largest absolute Gasteiger partial charge is 0.450 e. The molecule has 1 heterocycles. The van der Waals surface area contributed by atoms with E-state index in [1.165, 1.54) is 12.1 Å². The Morgan fingerprint density at radius 2 is 1.74 bits per heavy atom. The molecule has 0 aliphatic heterocycles. The lowest BCUT2D eigenvalue weighted by molar-refractivity contribution is -0.394. The average Bonchev–Trinajstić information content (AvgIpc) is 3.12. The van der Waals surface area contributed by atoms with Gasteiger partial charge >= 0.3 is 5.69 Å². The lowest BCUT2D eigenvalue weighted by atomic mass is 10.1. The van der Waals surface area contributed by atoms with Crippen molar-refractivity contribution in [2.24, 2.45) is 5.73 Å². The first-order valence-corrected chi connectivity index (χ1v) is 7.28. The highest BCUT2D eigenvalue weighted by atomic mass is 16.6. The van der Waals surface area contributed by atoms with Crippen molar-refractivity contribution in [1.29, 1.82) is 0 Å². The predicted molar refractivity (Wildman–Crippen MR) is 90.2 cm³/mol. The van der Waals surface area contributed by atoms with E-state index in [9.17, 15) is 25.0 Å². The Hall–Kier alpha value is -4.35. The van der Waals surface area contributed by atoms with Crippen molar-refractivity contribution in [3.63, 3.8) is 0 Å². The molecule has 0 fully saturated rings. The maximum Gasteiger partial charge on any atom is 0.318 e. The summed E-state index contributed by atoms with van der Waals surface area (Å²) in [6, 6.07) is 9.14. The van der Waals surface area contributed by atoms with Crippen LogP contribution < -0.4 is 10.5 Å². The number of carbonyl (C=O) groups excluding carboxylic acids is 1. The van der Waals surface area contributed by atoms with Crippen LogP contribution in [0.15, 0.2) is 42.5 Å². The van der Waals surface area contributed by atoms with Crippen LogP contribution in [0.4, 0.5) is 11.4 Å². The van der Waals surface area contributed by atoms with Gasteiger partial charge in [-0.1, -0.05) is 0 Å². The van der Waals surface area contributed by atoms with Crippen LogP contribution in [0.5, 0.6) is 11.5 Å². The van der Waals surface area contributed by atoms with Crippen molar-refractivity contribution in [1.82, 2.24) is 15.4 Å². The van der Waals surface area contributed by atoms with Gasteiger partial charge in [0, 0.05) is 11.6 Å². The van der Waals surface area contributed by atoms with Crippen LogP contribution in [0.25, 0.3) is 11.3 Å². The van der Waals surface area contributed by atoms with Crippen LogP contribution >= 0.6 is 0 Å². The number of H-pyrrole nitrogens is 1. The molecule has 1 amide bonds. The Kier molecular flexibility index (Phi) is 4.45. The predicted octanol–water partition coefficient (Wildman–Crippen LogP) is 2.18. The first kappa shape index (κ1) is 17.5. The summed E-state index contributed by atoms with van der Waals surface area (Å²) in [5.74, 6) is -0.669. The standard InChI is InChI=1S/C15H10N6O6/c16-15(22)14-13(17-19-18-14)8-1-4-10(5-2-8)27-12-6-3-9(20(23)24)7-11(12)21(25)26/h1-7H,(H2,16,22)(H,17,18,19). The maximum absolute atomic E-state index is 11.3. The molecule has 0 bridgehead atoms. The molecular weight excluding hydrogens is 360 g/mol. The number of nitro benzene ring substituents is 2. The van der Waals surface area contributed by atoms with Crippen LogP contribution in [0, 0.1) is 20.2 Å². The summed E-state index contributed by atoms with van der Waals surface area (Å²) in [6.45, 7) is 0. The third kappa shape index (κ3) is 3.53. The SMILES string of the molecule is NC(=O)c1n[nH]nc1-c1ccc(Oc2ccc([N+](=O)[O-])cc2[N+](=O)[O-])cc1. The summed E-state index contributed by atoms with van der Waals surface area (Å²) in [5.41, 5.74) is 4.98. The van der Waals surface area contributed by atoms with E-state index in [1.807, 2.05) is 0 Å². The summed E-state index contributed by atoms with van der Waals surface area (Å²) in [4.78, 5) is 31.7. The highest BCUT2D eigenvalue weighted by molar-refractivity contribution is 5.96. The molecule has 0 aliphatic rings. The second-order valence-electron chi connectivity index (χ2n) is 5.18. The number of ether oxygens (including phenoxy) is 1. The van der Waals surface area contributed by atoms with Crippen molar-refractivity contribution in [2.45, 2.75) is 0 Å². The minimum atomic E-state index is -0.773. The molecular formula is C15H10N6O6. The third-order valence-corrected chi connectivity index (χ3v) is 3.49. The topological polar surface area (TPSA) is 180 Å². The monoisotopic (exact) mass is 370 g/mol. The highest BCUT2D eigenvalue weighted by Crippen LogP contribution is 2.35. The van der Waals surface area contributed by atoms with Gasteiger partial charge in [0.15, 0.2) is 5.69 Å². The first-order chi connectivity index (χ1) is 12.9. The zero-order valence-electron chi connectivity index (χ0n) is 13.4. The van der Waals surface area contributed by atoms with Gasteiger partial charge in [-0.15, -0.1) is 0 Å². The average molecular weight is 370 g/mol. The van der Waals surface area contributed by atoms with Crippen LogP contribution in [-0.2, 0) is 0 Å². The van der Waals surface area contributed by atoms with E-state index in [-0.39, 0.29) is 22.9 Å². The van der Waals surface area contributed by atoms with Gasteiger partial charge in [0.05, 0.1) is 15.9 Å². The van der Waals surface area contributed by atoms with Gasteiger partial charge in [-0.2, -0.15) is 15.4 Å². The van der Waals surface area contributed by atoms with Gasteiger partial charge in [0.1, 0.15) is 11.4 Å². The molecule has 0 spiro atoms. The number of nitrogens with one attached hydrogen (secondary N) is 1. The molecule has 3 N–H and O–H groups in total. The van der Waals surface area contributed by atoms with E-state index in [0.717, 1.165) is 18.2 Å². The van der Waals surface area contributed by atoms with Crippen LogP contribution in [0.3, 0.4) is 0 Å². The lowest BCUT2D eigenvalue weighted by Crippen LogP contribution is -2.12. The molecule has 0 atom stereocenters. The van der Waals surface area contributed by atoms with Crippen molar-refractivity contribution < 1.29 is 19.4 Å². The fourth-order valence-corrected chi connectivity index (χ4v) is 2.26. The molecule has 0 radical (unpaired) electrons. The Balaban J connectivity index is 1.89. The fourth-order valence-electron chi connectivity index (χ4n) is 2.26. The Bertz CT molecular complexity index is 1050. The van der Waals surface area contributed by atoms with Crippen LogP contribution in [-0.4, -0.2) is 31.2 Å². The molecule has 2 aromatic carbocycles. The van der Waals surface area contributed by atoms with E-state index < -0.39 is 27.1 Å². The number of amides is 1. The molecule has 12 nitrogen and oxygen atoms in total. The summed E-state index contributed by atoms with van der Waals surface area (Å²) in [6.07, 6.45) is 0. The second kappa shape index (κ2) is 6.87. The number of nitro groups is 2. The number of nitrogens with two attached hydrogens (primary N) is 1. The van der Waals surface area contributed by atoms with Crippen molar-refractivity contribution in [3.8, 4) is 22.8 Å². The molecule has 0 unspecified atom stereocenters. The number of rotatable bonds is 6. The molecule has 3 rings (SSSR count). The first-order valence-electron chi connectivity index (χ1n) is 7.28. The van der Waals surface area contributed by atoms with Crippen molar-refractivity contribution in [3.05, 3.63) is 68.4 Å². The molecule has 27 heavy (non-hydrogen) atoms. The van der Waals surface area contributed by atoms with E-state index in [0.29, 0.717) is 5.56 Å². The summed E-state index contributed by atoms with van der Waals surface area (Å²) in [5, 5.41) is 31.7. The number of non-ortho nitro benzene ring substituents is 1. The number of carbonyl (C=O) groups is 1. The van der Waals surface area contributed by atoms with Gasteiger partial charge in [-0.3, -0.25) is 25.0 Å². The van der Waals surface area contributed by atoms with E-state index in [2.05, 4.69) is 15.4 Å². The number of hydrogen-bond donors (Lipinski definition) is 2. The van der Waals surface area contributed by atoms with Gasteiger partial charge < -0.3 is 10.5 Å². The zero-order valence-corrected chi connectivity index (χ0v) is 13.4. The Labute approximate surface area is 149 Å². The number of nitrogens with zero attached hydrogens (tertiary/aromatic N) is 4. The number of benzene rings is 2. The number of aromatic amines is 1. The molecule has 12 heteroatoms. The molecule has 0 saturated carbocycles. The highest BCUT2D eigenvalue weighted by Gasteiger charge is 2.21. The Morgan fingerprint density at radius 1 is 1.04 bits per heavy atom. The van der Waals surface area contributed by atoms with Crippen molar-refractivity contribution in [2.75, 3.05) is 0 Å². The molecule has 0 aliphatic carbocycles. The number of primary amides is 1. The zero-order chi connectivity index (χ0) is 19.6. The molecule has 0 saturated heterocycles.